The summed E-state index contributed by atoms with van der Waals surface area (Å²) in [5.74, 6) is -3.97. The second-order valence-corrected chi connectivity index (χ2v) is 4.10. The number of halogens is 2. The number of hydrogen-bond acceptors (Lipinski definition) is 3. The summed E-state index contributed by atoms with van der Waals surface area (Å²) in [7, 11) is 0. The Labute approximate surface area is 78.9 Å². The average molecular weight is 211 g/mol. The monoisotopic (exact) mass is 211 g/mol. The summed E-state index contributed by atoms with van der Waals surface area (Å²) in [4.78, 5) is 10.0. The molecule has 0 aromatic carbocycles. The minimum absolute atomic E-state index is 0.0372. The molecule has 1 aliphatic heterocycles. The standard InChI is InChI=1S/C7H11F2NO2S/c8-7(9,6(11)12)4-10-5-1-2-13-3-5/h5,10H,1-4H2,(H,11,12). The molecule has 1 aliphatic rings. The maximum atomic E-state index is 12.5. The fourth-order valence-electron chi connectivity index (χ4n) is 1.04. The van der Waals surface area contributed by atoms with Gasteiger partial charge in [0.05, 0.1) is 6.54 Å². The Balaban J connectivity index is 2.28. The molecule has 0 amide bonds. The fourth-order valence-corrected chi connectivity index (χ4v) is 2.23. The molecule has 0 spiro atoms. The van der Waals surface area contributed by atoms with Crippen molar-refractivity contribution in [1.29, 1.82) is 0 Å². The SMILES string of the molecule is O=C(O)C(F)(F)CNC1CCSC1. The minimum Gasteiger partial charge on any atom is -0.477 e. The number of hydrogen-bond donors (Lipinski definition) is 2. The molecular formula is C7H11F2NO2S. The molecule has 1 saturated heterocycles. The van der Waals surface area contributed by atoms with Crippen molar-refractivity contribution in [3.05, 3.63) is 0 Å². The van der Waals surface area contributed by atoms with Crippen molar-refractivity contribution < 1.29 is 18.7 Å². The molecule has 0 aliphatic carbocycles. The van der Waals surface area contributed by atoms with Crippen LogP contribution in [-0.4, -0.2) is 41.1 Å². The van der Waals surface area contributed by atoms with Crippen molar-refractivity contribution in [2.75, 3.05) is 18.1 Å². The predicted molar refractivity (Wildman–Crippen MR) is 46.3 cm³/mol. The Morgan fingerprint density at radius 1 is 1.69 bits per heavy atom. The van der Waals surface area contributed by atoms with Gasteiger partial charge in [-0.05, 0) is 12.2 Å². The first-order chi connectivity index (χ1) is 6.02. The molecule has 0 aromatic rings. The third-order valence-electron chi connectivity index (χ3n) is 1.86. The van der Waals surface area contributed by atoms with Gasteiger partial charge in [-0.3, -0.25) is 0 Å². The van der Waals surface area contributed by atoms with Crippen molar-refractivity contribution in [2.45, 2.75) is 18.4 Å². The van der Waals surface area contributed by atoms with E-state index in [0.29, 0.717) is 0 Å². The molecule has 2 N–H and O–H groups in total. The smallest absolute Gasteiger partial charge is 0.375 e. The maximum Gasteiger partial charge on any atom is 0.375 e. The number of aliphatic carboxylic acids is 1. The Hall–Kier alpha value is -0.360. The lowest BCUT2D eigenvalue weighted by Crippen LogP contribution is -2.43. The van der Waals surface area contributed by atoms with Crippen LogP contribution in [0, 0.1) is 0 Å². The molecule has 13 heavy (non-hydrogen) atoms. The summed E-state index contributed by atoms with van der Waals surface area (Å²) in [5.41, 5.74) is 0. The molecule has 6 heteroatoms. The molecule has 1 fully saturated rings. The van der Waals surface area contributed by atoms with Gasteiger partial charge >= 0.3 is 11.9 Å². The highest BCUT2D eigenvalue weighted by Gasteiger charge is 2.39. The van der Waals surface area contributed by atoms with Gasteiger partial charge in [-0.1, -0.05) is 0 Å². The Kier molecular flexibility index (Phi) is 3.49. The van der Waals surface area contributed by atoms with Gasteiger partial charge in [0.15, 0.2) is 0 Å². The zero-order valence-electron chi connectivity index (χ0n) is 6.93. The van der Waals surface area contributed by atoms with E-state index < -0.39 is 18.4 Å². The van der Waals surface area contributed by atoms with Crippen LogP contribution in [0.3, 0.4) is 0 Å². The van der Waals surface area contributed by atoms with E-state index in [1.807, 2.05) is 0 Å². The maximum absolute atomic E-state index is 12.5. The van der Waals surface area contributed by atoms with Crippen LogP contribution < -0.4 is 5.32 Å². The minimum atomic E-state index is -3.65. The number of carboxylic acid groups (broad SMARTS) is 1. The summed E-state index contributed by atoms with van der Waals surface area (Å²) in [6.07, 6.45) is 0.834. The van der Waals surface area contributed by atoms with Crippen molar-refractivity contribution in [3.8, 4) is 0 Å². The molecule has 1 rings (SSSR count). The van der Waals surface area contributed by atoms with Gasteiger partial charge in [0, 0.05) is 11.8 Å². The first kappa shape index (κ1) is 10.7. The highest BCUT2D eigenvalue weighted by atomic mass is 32.2. The Bertz CT molecular complexity index is 195. The Morgan fingerprint density at radius 2 is 2.38 bits per heavy atom. The van der Waals surface area contributed by atoms with Crippen LogP contribution in [0.25, 0.3) is 0 Å². The first-order valence-electron chi connectivity index (χ1n) is 3.95. The van der Waals surface area contributed by atoms with Crippen LogP contribution >= 0.6 is 11.8 Å². The van der Waals surface area contributed by atoms with E-state index in [2.05, 4.69) is 5.32 Å². The molecule has 1 heterocycles. The van der Waals surface area contributed by atoms with Gasteiger partial charge in [0.1, 0.15) is 0 Å². The van der Waals surface area contributed by atoms with Gasteiger partial charge in [-0.2, -0.15) is 20.5 Å². The second kappa shape index (κ2) is 4.23. The number of rotatable bonds is 4. The van der Waals surface area contributed by atoms with Crippen molar-refractivity contribution in [3.63, 3.8) is 0 Å². The topological polar surface area (TPSA) is 49.3 Å². The largest absolute Gasteiger partial charge is 0.477 e. The molecular weight excluding hydrogens is 200 g/mol. The van der Waals surface area contributed by atoms with E-state index in [-0.39, 0.29) is 6.04 Å². The third kappa shape index (κ3) is 3.11. The molecule has 0 saturated carbocycles. The fraction of sp³-hybridized carbons (Fsp3) is 0.857. The second-order valence-electron chi connectivity index (χ2n) is 2.95. The Morgan fingerprint density at radius 3 is 2.85 bits per heavy atom. The number of carboxylic acids is 1. The number of alkyl halides is 2. The van der Waals surface area contributed by atoms with Crippen molar-refractivity contribution in [1.82, 2.24) is 5.32 Å². The van der Waals surface area contributed by atoms with E-state index in [1.54, 1.807) is 11.8 Å². The van der Waals surface area contributed by atoms with Crippen LogP contribution in [0.1, 0.15) is 6.42 Å². The van der Waals surface area contributed by atoms with Crippen LogP contribution in [-0.2, 0) is 4.79 Å². The van der Waals surface area contributed by atoms with Crippen molar-refractivity contribution in [2.24, 2.45) is 0 Å². The van der Waals surface area contributed by atoms with Gasteiger partial charge < -0.3 is 10.4 Å². The van der Waals surface area contributed by atoms with Gasteiger partial charge in [0.25, 0.3) is 0 Å². The molecule has 76 valence electrons. The predicted octanol–water partition coefficient (Wildman–Crippen LogP) is 0.801. The summed E-state index contributed by atoms with van der Waals surface area (Å²) < 4.78 is 25.1. The lowest BCUT2D eigenvalue weighted by atomic mass is 10.2. The van der Waals surface area contributed by atoms with E-state index in [0.717, 1.165) is 17.9 Å². The molecule has 0 radical (unpaired) electrons. The van der Waals surface area contributed by atoms with E-state index in [4.69, 9.17) is 5.11 Å². The number of nitrogens with one attached hydrogen (secondary N) is 1. The number of carbonyl (C=O) groups is 1. The van der Waals surface area contributed by atoms with Crippen LogP contribution in [0.4, 0.5) is 8.78 Å². The summed E-state index contributed by atoms with van der Waals surface area (Å²) >= 11 is 1.69. The third-order valence-corrected chi connectivity index (χ3v) is 3.02. The molecule has 3 nitrogen and oxygen atoms in total. The van der Waals surface area contributed by atoms with Crippen LogP contribution in [0.15, 0.2) is 0 Å². The first-order valence-corrected chi connectivity index (χ1v) is 5.10. The lowest BCUT2D eigenvalue weighted by Gasteiger charge is -2.15. The highest BCUT2D eigenvalue weighted by Crippen LogP contribution is 2.19. The summed E-state index contributed by atoms with van der Waals surface area (Å²) in [6.45, 7) is -0.770. The van der Waals surface area contributed by atoms with Gasteiger partial charge in [0.2, 0.25) is 0 Å². The lowest BCUT2D eigenvalue weighted by molar-refractivity contribution is -0.164. The summed E-state index contributed by atoms with van der Waals surface area (Å²) in [5, 5.41) is 10.7. The zero-order chi connectivity index (χ0) is 9.90. The quantitative estimate of drug-likeness (QED) is 0.722. The van der Waals surface area contributed by atoms with E-state index in [9.17, 15) is 13.6 Å². The summed E-state index contributed by atoms with van der Waals surface area (Å²) in [6, 6.07) is 0.0372. The van der Waals surface area contributed by atoms with E-state index >= 15 is 0 Å². The average Bonchev–Trinajstić information content (AvgIpc) is 2.52. The zero-order valence-corrected chi connectivity index (χ0v) is 7.74. The highest BCUT2D eigenvalue weighted by molar-refractivity contribution is 7.99. The van der Waals surface area contributed by atoms with Crippen LogP contribution in [0.2, 0.25) is 0 Å². The molecule has 0 aromatic heterocycles. The van der Waals surface area contributed by atoms with E-state index in [1.165, 1.54) is 0 Å². The molecule has 1 atom stereocenters. The van der Waals surface area contributed by atoms with Gasteiger partial charge in [-0.15, -0.1) is 0 Å². The van der Waals surface area contributed by atoms with Crippen LogP contribution in [0.5, 0.6) is 0 Å². The molecule has 1 unspecified atom stereocenters. The van der Waals surface area contributed by atoms with Crippen molar-refractivity contribution >= 4 is 17.7 Å². The molecule has 0 bridgehead atoms. The normalized spacial score (nSPS) is 23.4. The van der Waals surface area contributed by atoms with Gasteiger partial charge in [-0.25, -0.2) is 4.79 Å². The number of thioether (sulfide) groups is 1.